The lowest BCUT2D eigenvalue weighted by atomic mass is 10.2. The average molecular weight is 366 g/mol. The van der Waals surface area contributed by atoms with Gasteiger partial charge in [0.15, 0.2) is 5.69 Å². The van der Waals surface area contributed by atoms with Gasteiger partial charge in [-0.2, -0.15) is 0 Å². The van der Waals surface area contributed by atoms with Gasteiger partial charge >= 0.3 is 6.03 Å². The number of carbonyl (C=O) groups is 2. The lowest BCUT2D eigenvalue weighted by Crippen LogP contribution is -2.45. The van der Waals surface area contributed by atoms with Gasteiger partial charge in [-0.25, -0.2) is 13.9 Å². The smallest absolute Gasteiger partial charge is 0.317 e. The molecule has 2 aliphatic heterocycles. The zero-order valence-electron chi connectivity index (χ0n) is 15.4. The zero-order valence-corrected chi connectivity index (χ0v) is 15.4. The first-order valence-electron chi connectivity index (χ1n) is 9.32. The van der Waals surface area contributed by atoms with Crippen molar-refractivity contribution < 1.29 is 14.0 Å². The number of rotatable bonds is 5. The van der Waals surface area contributed by atoms with Crippen molar-refractivity contribution in [3.63, 3.8) is 0 Å². The topological polar surface area (TPSA) is 83.4 Å². The van der Waals surface area contributed by atoms with Crippen LogP contribution in [0.5, 0.6) is 0 Å². The summed E-state index contributed by atoms with van der Waals surface area (Å²) in [5.41, 5.74) is 0.303. The number of aromatic nitrogens is 3. The normalized spacial score (nSPS) is 23.1. The number of nitrogens with zero attached hydrogens (tertiary/aromatic N) is 5. The number of hydrogen-bond donors (Lipinski definition) is 1. The number of likely N-dealkylation sites (tertiary alicyclic amines) is 2. The van der Waals surface area contributed by atoms with E-state index >= 15 is 0 Å². The highest BCUT2D eigenvalue weighted by atomic mass is 19.1. The van der Waals surface area contributed by atoms with Gasteiger partial charge in [0.2, 0.25) is 0 Å². The maximum absolute atomic E-state index is 13.9. The SMILES string of the molecule is CC(C)CNC(=O)N1CC(F)CC1Cn1cc(C(=O)N2CCCC2)nn1. The van der Waals surface area contributed by atoms with Crippen molar-refractivity contribution in [1.29, 1.82) is 0 Å². The largest absolute Gasteiger partial charge is 0.338 e. The molecular weight excluding hydrogens is 339 g/mol. The number of carbonyl (C=O) groups excluding carboxylic acids is 2. The van der Waals surface area contributed by atoms with Crippen LogP contribution < -0.4 is 5.32 Å². The molecule has 1 aromatic heterocycles. The van der Waals surface area contributed by atoms with Crippen molar-refractivity contribution in [1.82, 2.24) is 30.1 Å². The van der Waals surface area contributed by atoms with E-state index in [1.54, 1.807) is 11.1 Å². The molecule has 3 rings (SSSR count). The number of halogens is 1. The summed E-state index contributed by atoms with van der Waals surface area (Å²) in [5.74, 6) is 0.214. The van der Waals surface area contributed by atoms with Crippen LogP contribution in [-0.4, -0.2) is 75.1 Å². The number of amides is 3. The molecule has 2 fully saturated rings. The molecule has 2 atom stereocenters. The second-order valence-corrected chi connectivity index (χ2v) is 7.54. The molecule has 0 saturated carbocycles. The van der Waals surface area contributed by atoms with Crippen LogP contribution in [0.25, 0.3) is 0 Å². The molecule has 2 unspecified atom stereocenters. The Kier molecular flexibility index (Phi) is 5.73. The second-order valence-electron chi connectivity index (χ2n) is 7.54. The summed E-state index contributed by atoms with van der Waals surface area (Å²) in [5, 5.41) is 10.8. The van der Waals surface area contributed by atoms with E-state index in [2.05, 4.69) is 15.6 Å². The van der Waals surface area contributed by atoms with Gasteiger partial charge in [0.1, 0.15) is 6.17 Å². The standard InChI is InChI=1S/C17H27FN6O2/c1-12(2)8-19-17(26)24-9-13(18)7-14(24)10-23-11-15(20-21-23)16(25)22-5-3-4-6-22/h11-14H,3-10H2,1-2H3,(H,19,26). The minimum Gasteiger partial charge on any atom is -0.338 e. The van der Waals surface area contributed by atoms with Gasteiger partial charge < -0.3 is 15.1 Å². The van der Waals surface area contributed by atoms with Crippen LogP contribution in [0.3, 0.4) is 0 Å². The highest BCUT2D eigenvalue weighted by Gasteiger charge is 2.36. The maximum atomic E-state index is 13.9. The van der Waals surface area contributed by atoms with Gasteiger partial charge in [0, 0.05) is 26.1 Å². The van der Waals surface area contributed by atoms with Gasteiger partial charge in [0.25, 0.3) is 5.91 Å². The van der Waals surface area contributed by atoms with Gasteiger partial charge in [-0.15, -0.1) is 5.10 Å². The lowest BCUT2D eigenvalue weighted by Gasteiger charge is -2.24. The van der Waals surface area contributed by atoms with Crippen molar-refractivity contribution in [3.8, 4) is 0 Å². The Morgan fingerprint density at radius 1 is 1.35 bits per heavy atom. The summed E-state index contributed by atoms with van der Waals surface area (Å²) in [6.07, 6.45) is 2.85. The minimum absolute atomic E-state index is 0.0862. The molecule has 26 heavy (non-hydrogen) atoms. The van der Waals surface area contributed by atoms with Crippen LogP contribution in [0.15, 0.2) is 6.20 Å². The molecule has 1 N–H and O–H groups in total. The fraction of sp³-hybridized carbons (Fsp3) is 0.765. The molecule has 0 aliphatic carbocycles. The van der Waals surface area contributed by atoms with Crippen LogP contribution in [-0.2, 0) is 6.54 Å². The average Bonchev–Trinajstić information content (AvgIpc) is 3.33. The molecule has 9 heteroatoms. The van der Waals surface area contributed by atoms with Gasteiger partial charge in [-0.1, -0.05) is 19.1 Å². The Hall–Kier alpha value is -2.19. The summed E-state index contributed by atoms with van der Waals surface area (Å²) in [4.78, 5) is 28.0. The summed E-state index contributed by atoms with van der Waals surface area (Å²) in [6.45, 7) is 6.49. The predicted molar refractivity (Wildman–Crippen MR) is 93.4 cm³/mol. The van der Waals surface area contributed by atoms with E-state index in [1.807, 2.05) is 13.8 Å². The molecule has 3 heterocycles. The fourth-order valence-corrected chi connectivity index (χ4v) is 3.46. The molecule has 0 spiro atoms. The molecular formula is C17H27FN6O2. The fourth-order valence-electron chi connectivity index (χ4n) is 3.46. The molecule has 1 aromatic rings. The Morgan fingerprint density at radius 2 is 2.08 bits per heavy atom. The highest BCUT2D eigenvalue weighted by molar-refractivity contribution is 5.92. The first-order valence-corrected chi connectivity index (χ1v) is 9.32. The maximum Gasteiger partial charge on any atom is 0.317 e. The van der Waals surface area contributed by atoms with E-state index in [0.29, 0.717) is 24.7 Å². The zero-order chi connectivity index (χ0) is 18.7. The predicted octanol–water partition coefficient (Wildman–Crippen LogP) is 1.29. The Labute approximate surface area is 152 Å². The molecule has 0 bridgehead atoms. The molecule has 0 aromatic carbocycles. The van der Waals surface area contributed by atoms with Crippen molar-refractivity contribution >= 4 is 11.9 Å². The summed E-state index contributed by atoms with van der Waals surface area (Å²) in [7, 11) is 0. The van der Waals surface area contributed by atoms with Gasteiger partial charge in [-0.05, 0) is 18.8 Å². The van der Waals surface area contributed by atoms with Crippen LogP contribution in [0.1, 0.15) is 43.6 Å². The van der Waals surface area contributed by atoms with Crippen molar-refractivity contribution in [2.75, 3.05) is 26.2 Å². The molecule has 2 aliphatic rings. The monoisotopic (exact) mass is 366 g/mol. The Balaban J connectivity index is 1.61. The van der Waals surface area contributed by atoms with E-state index in [9.17, 15) is 14.0 Å². The quantitative estimate of drug-likeness (QED) is 0.851. The molecule has 144 valence electrons. The summed E-state index contributed by atoms with van der Waals surface area (Å²) >= 11 is 0. The van der Waals surface area contributed by atoms with Crippen LogP contribution >= 0.6 is 0 Å². The van der Waals surface area contributed by atoms with E-state index in [1.165, 1.54) is 9.58 Å². The third-order valence-corrected chi connectivity index (χ3v) is 4.83. The number of alkyl halides is 1. The Morgan fingerprint density at radius 3 is 2.77 bits per heavy atom. The van der Waals surface area contributed by atoms with Crippen LogP contribution in [0, 0.1) is 5.92 Å². The number of hydrogen-bond acceptors (Lipinski definition) is 4. The van der Waals surface area contributed by atoms with Gasteiger partial charge in [0.05, 0.1) is 25.3 Å². The molecule has 0 radical (unpaired) electrons. The van der Waals surface area contributed by atoms with E-state index in [-0.39, 0.29) is 30.9 Å². The first-order chi connectivity index (χ1) is 12.4. The third kappa shape index (κ3) is 4.31. The van der Waals surface area contributed by atoms with E-state index in [0.717, 1.165) is 25.9 Å². The third-order valence-electron chi connectivity index (χ3n) is 4.83. The Bertz CT molecular complexity index is 643. The second kappa shape index (κ2) is 8.01. The van der Waals surface area contributed by atoms with Crippen LogP contribution in [0.2, 0.25) is 0 Å². The van der Waals surface area contributed by atoms with Crippen molar-refractivity contribution in [2.24, 2.45) is 5.92 Å². The summed E-state index contributed by atoms with van der Waals surface area (Å²) in [6, 6.07) is -0.550. The van der Waals surface area contributed by atoms with Crippen molar-refractivity contribution in [3.05, 3.63) is 11.9 Å². The highest BCUT2D eigenvalue weighted by Crippen LogP contribution is 2.22. The van der Waals surface area contributed by atoms with Crippen LogP contribution in [0.4, 0.5) is 9.18 Å². The van der Waals surface area contributed by atoms with E-state index < -0.39 is 6.17 Å². The first kappa shape index (κ1) is 18.6. The molecule has 8 nitrogen and oxygen atoms in total. The van der Waals surface area contributed by atoms with Gasteiger partial charge in [-0.3, -0.25) is 4.79 Å². The van der Waals surface area contributed by atoms with E-state index in [4.69, 9.17) is 0 Å². The number of urea groups is 1. The minimum atomic E-state index is -1.04. The lowest BCUT2D eigenvalue weighted by molar-refractivity contribution is 0.0787. The summed E-state index contributed by atoms with van der Waals surface area (Å²) < 4.78 is 15.4. The molecule has 3 amide bonds. The molecule has 2 saturated heterocycles. The van der Waals surface area contributed by atoms with Crippen molar-refractivity contribution in [2.45, 2.75) is 51.9 Å². The number of nitrogens with one attached hydrogen (secondary N) is 1.